The predicted molar refractivity (Wildman–Crippen MR) is 108 cm³/mol. The first-order chi connectivity index (χ1) is 13.2. The summed E-state index contributed by atoms with van der Waals surface area (Å²) in [5.74, 6) is 1.43. The van der Waals surface area contributed by atoms with Crippen LogP contribution in [0.5, 0.6) is 5.75 Å². The van der Waals surface area contributed by atoms with E-state index in [4.69, 9.17) is 16.3 Å². The molecule has 5 nitrogen and oxygen atoms in total. The lowest BCUT2D eigenvalue weighted by Gasteiger charge is -2.08. The van der Waals surface area contributed by atoms with E-state index in [1.54, 1.807) is 16.6 Å². The lowest BCUT2D eigenvalue weighted by molar-refractivity contribution is 0.306. The Hall–Kier alpha value is -3.12. The van der Waals surface area contributed by atoms with Crippen molar-refractivity contribution in [2.45, 2.75) is 6.61 Å². The van der Waals surface area contributed by atoms with Crippen LogP contribution in [0.25, 0.3) is 22.6 Å². The van der Waals surface area contributed by atoms with Gasteiger partial charge in [-0.2, -0.15) is 0 Å². The molecule has 0 aliphatic heterocycles. The standard InChI is InChI=1S/C20H15BClN3O2/c22-18-11-10-17-20(24-18)25(21-13-26)19(23-17)15-6-8-16(9-7-15)27-12-14-4-2-1-3-5-14/h1-11,13,21H,12H2. The molecule has 0 aliphatic rings. The average molecular weight is 376 g/mol. The van der Waals surface area contributed by atoms with Gasteiger partial charge in [0.2, 0.25) is 0 Å². The molecule has 0 radical (unpaired) electrons. The van der Waals surface area contributed by atoms with Crippen LogP contribution in [0.1, 0.15) is 5.56 Å². The number of rotatable bonds is 6. The Morgan fingerprint density at radius 3 is 2.52 bits per heavy atom. The lowest BCUT2D eigenvalue weighted by Crippen LogP contribution is -2.10. The van der Waals surface area contributed by atoms with E-state index < -0.39 is 0 Å². The first kappa shape index (κ1) is 17.3. The highest BCUT2D eigenvalue weighted by Gasteiger charge is 2.14. The fourth-order valence-corrected chi connectivity index (χ4v) is 3.03. The first-order valence-corrected chi connectivity index (χ1v) is 8.86. The molecule has 0 aliphatic carbocycles. The third-order valence-corrected chi connectivity index (χ3v) is 4.39. The second-order valence-electron chi connectivity index (χ2n) is 5.99. The molecule has 2 heterocycles. The van der Waals surface area contributed by atoms with Gasteiger partial charge in [0, 0.05) is 5.56 Å². The van der Waals surface area contributed by atoms with Gasteiger partial charge in [0.15, 0.2) is 0 Å². The minimum atomic E-state index is 0.158. The van der Waals surface area contributed by atoms with Crippen molar-refractivity contribution in [2.24, 2.45) is 0 Å². The number of hydrogen-bond donors (Lipinski definition) is 0. The smallest absolute Gasteiger partial charge is 0.319 e. The lowest BCUT2D eigenvalue weighted by atomic mass is 9.97. The number of aromatic nitrogens is 3. The molecule has 27 heavy (non-hydrogen) atoms. The summed E-state index contributed by atoms with van der Waals surface area (Å²) in [6, 6.07) is 21.1. The van der Waals surface area contributed by atoms with E-state index in [-0.39, 0.29) is 7.41 Å². The Morgan fingerprint density at radius 1 is 1.00 bits per heavy atom. The molecule has 2 aromatic heterocycles. The summed E-state index contributed by atoms with van der Waals surface area (Å²) in [7, 11) is 0.158. The molecule has 0 atom stereocenters. The van der Waals surface area contributed by atoms with Gasteiger partial charge in [-0.25, -0.2) is 9.97 Å². The topological polar surface area (TPSA) is 57.0 Å². The van der Waals surface area contributed by atoms with Crippen LogP contribution < -0.4 is 4.74 Å². The van der Waals surface area contributed by atoms with Gasteiger partial charge in [0.25, 0.3) is 0 Å². The van der Waals surface area contributed by atoms with E-state index in [0.29, 0.717) is 28.7 Å². The highest BCUT2D eigenvalue weighted by Crippen LogP contribution is 2.26. The maximum absolute atomic E-state index is 11.1. The van der Waals surface area contributed by atoms with E-state index in [1.165, 1.54) is 0 Å². The number of benzene rings is 2. The largest absolute Gasteiger partial charge is 0.489 e. The SMILES string of the molecule is O=CBn1c(-c2ccc(OCc3ccccc3)cc2)nc2ccc(Cl)nc21. The second-order valence-corrected chi connectivity index (χ2v) is 6.38. The number of imidazole rings is 1. The molecule has 7 heteroatoms. The zero-order valence-corrected chi connectivity index (χ0v) is 15.1. The molecular formula is C20H15BClN3O2. The third-order valence-electron chi connectivity index (χ3n) is 4.18. The maximum atomic E-state index is 11.1. The molecular weight excluding hydrogens is 361 g/mol. The number of carbonyl (C=O) groups excluding carboxylic acids is 1. The number of hydrogen-bond acceptors (Lipinski definition) is 4. The molecule has 132 valence electrons. The van der Waals surface area contributed by atoms with Crippen LogP contribution in [-0.2, 0) is 11.4 Å². The number of nitrogens with zero attached hydrogens (tertiary/aromatic N) is 3. The Kier molecular flexibility index (Phi) is 4.89. The summed E-state index contributed by atoms with van der Waals surface area (Å²) >= 11 is 6.00. The number of halogens is 1. The van der Waals surface area contributed by atoms with Crippen molar-refractivity contribution >= 4 is 36.4 Å². The summed E-state index contributed by atoms with van der Waals surface area (Å²) in [6.45, 7) is 0.506. The normalized spacial score (nSPS) is 10.7. The highest BCUT2D eigenvalue weighted by molar-refractivity contribution is 6.66. The zero-order valence-electron chi connectivity index (χ0n) is 14.4. The Morgan fingerprint density at radius 2 is 1.78 bits per heavy atom. The van der Waals surface area contributed by atoms with Crippen LogP contribution in [0.15, 0.2) is 66.7 Å². The van der Waals surface area contributed by atoms with Crippen LogP contribution in [0.2, 0.25) is 5.15 Å². The molecule has 0 spiro atoms. The van der Waals surface area contributed by atoms with Gasteiger partial charge in [0.05, 0.1) is 0 Å². The van der Waals surface area contributed by atoms with Crippen molar-refractivity contribution in [3.63, 3.8) is 0 Å². The van der Waals surface area contributed by atoms with Crippen molar-refractivity contribution in [3.05, 3.63) is 77.4 Å². The number of ether oxygens (including phenoxy) is 1. The minimum absolute atomic E-state index is 0.158. The van der Waals surface area contributed by atoms with E-state index in [1.807, 2.05) is 54.6 Å². The molecule has 4 rings (SSSR count). The molecule has 0 bridgehead atoms. The van der Waals surface area contributed by atoms with Crippen LogP contribution in [0, 0.1) is 0 Å². The second kappa shape index (κ2) is 7.64. The quantitative estimate of drug-likeness (QED) is 0.293. The van der Waals surface area contributed by atoms with Crippen molar-refractivity contribution in [3.8, 4) is 17.1 Å². The van der Waals surface area contributed by atoms with Crippen LogP contribution in [0.4, 0.5) is 0 Å². The fraction of sp³-hybridized carbons (Fsp3) is 0.0500. The predicted octanol–water partition coefficient (Wildman–Crippen LogP) is 3.72. The van der Waals surface area contributed by atoms with Crippen LogP contribution in [0.3, 0.4) is 0 Å². The molecule has 2 aromatic carbocycles. The molecule has 4 aromatic rings. The average Bonchev–Trinajstić information content (AvgIpc) is 3.06. The molecule has 0 unspecified atom stereocenters. The summed E-state index contributed by atoms with van der Waals surface area (Å²) in [6.07, 6.45) is 0.824. The molecule has 0 saturated heterocycles. The van der Waals surface area contributed by atoms with Gasteiger partial charge in [-0.15, -0.1) is 0 Å². The number of fused-ring (bicyclic) bond motifs is 1. The van der Waals surface area contributed by atoms with Crippen molar-refractivity contribution < 1.29 is 9.53 Å². The third kappa shape index (κ3) is 3.71. The van der Waals surface area contributed by atoms with Crippen LogP contribution in [-0.4, -0.2) is 28.0 Å². The number of pyridine rings is 1. The maximum Gasteiger partial charge on any atom is 0.319 e. The summed E-state index contributed by atoms with van der Waals surface area (Å²) in [5.41, 5.74) is 3.27. The van der Waals surface area contributed by atoms with Gasteiger partial charge in [-0.1, -0.05) is 41.9 Å². The molecule has 0 saturated carbocycles. The van der Waals surface area contributed by atoms with Gasteiger partial charge in [0.1, 0.15) is 40.7 Å². The Labute approximate surface area is 161 Å². The Bertz CT molecular complexity index is 1080. The highest BCUT2D eigenvalue weighted by atomic mass is 35.5. The van der Waals surface area contributed by atoms with Crippen molar-refractivity contribution in [1.29, 1.82) is 0 Å². The minimum Gasteiger partial charge on any atom is -0.489 e. The van der Waals surface area contributed by atoms with Gasteiger partial charge in [-0.05, 0) is 42.0 Å². The molecule has 0 amide bonds. The van der Waals surface area contributed by atoms with E-state index in [9.17, 15) is 4.79 Å². The van der Waals surface area contributed by atoms with E-state index in [2.05, 4.69) is 9.97 Å². The van der Waals surface area contributed by atoms with Crippen molar-refractivity contribution in [1.82, 2.24) is 14.4 Å². The molecule has 0 fully saturated rings. The fourth-order valence-electron chi connectivity index (χ4n) is 2.89. The first-order valence-electron chi connectivity index (χ1n) is 8.48. The summed E-state index contributed by atoms with van der Waals surface area (Å²) in [4.78, 5) is 20.0. The van der Waals surface area contributed by atoms with Gasteiger partial charge in [-0.3, -0.25) is 0 Å². The van der Waals surface area contributed by atoms with E-state index in [0.717, 1.165) is 23.1 Å². The summed E-state index contributed by atoms with van der Waals surface area (Å²) < 4.78 is 7.58. The summed E-state index contributed by atoms with van der Waals surface area (Å²) in [5, 5.41) is 0.366. The van der Waals surface area contributed by atoms with Gasteiger partial charge >= 0.3 is 7.41 Å². The number of carbonyl (C=O) groups is 1. The van der Waals surface area contributed by atoms with Crippen LogP contribution >= 0.6 is 11.6 Å². The monoisotopic (exact) mass is 375 g/mol. The molecule has 0 N–H and O–H groups in total. The zero-order chi connectivity index (χ0) is 18.6. The Balaban J connectivity index is 1.61. The van der Waals surface area contributed by atoms with Crippen molar-refractivity contribution in [2.75, 3.05) is 0 Å². The van der Waals surface area contributed by atoms with E-state index >= 15 is 0 Å². The van der Waals surface area contributed by atoms with Gasteiger partial charge < -0.3 is 14.0 Å².